The van der Waals surface area contributed by atoms with Crippen LogP contribution in [0, 0.1) is 5.82 Å². The minimum Gasteiger partial charge on any atom is -0.484 e. The highest BCUT2D eigenvalue weighted by Crippen LogP contribution is 2.33. The summed E-state index contributed by atoms with van der Waals surface area (Å²) in [6.07, 6.45) is 2.74. The molecule has 1 aliphatic rings. The first-order chi connectivity index (χ1) is 12.9. The van der Waals surface area contributed by atoms with E-state index in [9.17, 15) is 14.0 Å². The zero-order chi connectivity index (χ0) is 19.4. The Morgan fingerprint density at radius 3 is 2.67 bits per heavy atom. The minimum absolute atomic E-state index is 0.151. The molecular weight excluding hydrogens is 413 g/mol. The Kier molecular flexibility index (Phi) is 6.26. The van der Waals surface area contributed by atoms with Gasteiger partial charge in [0.15, 0.2) is 6.61 Å². The summed E-state index contributed by atoms with van der Waals surface area (Å²) in [5.41, 5.74) is 2.23. The highest BCUT2D eigenvalue weighted by Gasteiger charge is 2.26. The number of aryl methyl sites for hydroxylation is 2. The number of ether oxygens (including phenoxy) is 1. The van der Waals surface area contributed by atoms with Gasteiger partial charge in [-0.1, -0.05) is 28.1 Å². The third-order valence-corrected chi connectivity index (χ3v) is 5.02. The molecule has 0 saturated carbocycles. The normalized spacial score (nSPS) is 13.2. The number of anilines is 1. The Balaban J connectivity index is 1.63. The van der Waals surface area contributed by atoms with Gasteiger partial charge in [-0.15, -0.1) is 0 Å². The van der Waals surface area contributed by atoms with E-state index < -0.39 is 5.82 Å². The maximum absolute atomic E-state index is 14.4. The van der Waals surface area contributed by atoms with Gasteiger partial charge in [-0.25, -0.2) is 4.39 Å². The lowest BCUT2D eigenvalue weighted by molar-refractivity contribution is -0.120. The van der Waals surface area contributed by atoms with Gasteiger partial charge in [-0.2, -0.15) is 0 Å². The van der Waals surface area contributed by atoms with Crippen LogP contribution in [0.3, 0.4) is 0 Å². The number of Topliss-reactive ketones (excluding diaryl/α,β-unsaturated/α-hetero) is 1. The second-order valence-electron chi connectivity index (χ2n) is 6.68. The maximum atomic E-state index is 14.4. The smallest absolute Gasteiger partial charge is 0.265 e. The molecule has 1 amide bonds. The first kappa shape index (κ1) is 19.5. The predicted octanol–water partition coefficient (Wildman–Crippen LogP) is 4.47. The molecule has 0 aliphatic carbocycles. The molecule has 2 aromatic rings. The number of halogens is 2. The van der Waals surface area contributed by atoms with Crippen molar-refractivity contribution in [3.63, 3.8) is 0 Å². The van der Waals surface area contributed by atoms with Gasteiger partial charge in [0, 0.05) is 17.4 Å². The highest BCUT2D eigenvalue weighted by molar-refractivity contribution is 9.10. The van der Waals surface area contributed by atoms with Crippen LogP contribution in [0.5, 0.6) is 5.75 Å². The van der Waals surface area contributed by atoms with Crippen LogP contribution in [-0.4, -0.2) is 24.8 Å². The molecule has 1 aliphatic heterocycles. The number of benzene rings is 2. The van der Waals surface area contributed by atoms with Crippen LogP contribution in [0.25, 0.3) is 0 Å². The molecule has 0 atom stereocenters. The number of hydrogen-bond donors (Lipinski definition) is 0. The number of carbonyl (C=O) groups excluding carboxylic acids is 2. The van der Waals surface area contributed by atoms with E-state index in [1.54, 1.807) is 19.1 Å². The molecule has 1 heterocycles. The molecule has 0 radical (unpaired) electrons. The average Bonchev–Trinajstić information content (AvgIpc) is 2.64. The minimum atomic E-state index is -0.401. The second kappa shape index (κ2) is 8.65. The summed E-state index contributed by atoms with van der Waals surface area (Å²) >= 11 is 3.30. The fraction of sp³-hybridized carbons (Fsp3) is 0.333. The van der Waals surface area contributed by atoms with E-state index in [1.807, 2.05) is 18.2 Å². The Labute approximate surface area is 166 Å². The van der Waals surface area contributed by atoms with E-state index >= 15 is 0 Å². The summed E-state index contributed by atoms with van der Waals surface area (Å²) in [5, 5.41) is 0. The first-order valence-electron chi connectivity index (χ1n) is 8.93. The van der Waals surface area contributed by atoms with Gasteiger partial charge < -0.3 is 14.4 Å². The fourth-order valence-electron chi connectivity index (χ4n) is 3.20. The number of ketones is 1. The monoisotopic (exact) mass is 433 g/mol. The number of carbonyl (C=O) groups is 2. The summed E-state index contributed by atoms with van der Waals surface area (Å²) in [4.78, 5) is 25.1. The summed E-state index contributed by atoms with van der Waals surface area (Å²) < 4.78 is 20.7. The van der Waals surface area contributed by atoms with Gasteiger partial charge in [-0.3, -0.25) is 4.79 Å². The van der Waals surface area contributed by atoms with Crippen LogP contribution in [0.2, 0.25) is 0 Å². The molecule has 2 aromatic carbocycles. The predicted molar refractivity (Wildman–Crippen MR) is 106 cm³/mol. The molecule has 142 valence electrons. The summed E-state index contributed by atoms with van der Waals surface area (Å²) in [7, 11) is 0. The Morgan fingerprint density at radius 2 is 1.96 bits per heavy atom. The molecule has 0 aromatic heterocycles. The van der Waals surface area contributed by atoms with Crippen LogP contribution >= 0.6 is 15.9 Å². The van der Waals surface area contributed by atoms with Crippen molar-refractivity contribution in [1.82, 2.24) is 0 Å². The van der Waals surface area contributed by atoms with E-state index in [-0.39, 0.29) is 18.3 Å². The van der Waals surface area contributed by atoms with Crippen LogP contribution in [-0.2, 0) is 22.4 Å². The quantitative estimate of drug-likeness (QED) is 0.674. The van der Waals surface area contributed by atoms with Crippen molar-refractivity contribution in [2.24, 2.45) is 0 Å². The Hall–Kier alpha value is -2.21. The Bertz CT molecular complexity index is 851. The molecule has 3 rings (SSSR count). The zero-order valence-electron chi connectivity index (χ0n) is 15.1. The van der Waals surface area contributed by atoms with Crippen molar-refractivity contribution in [3.8, 4) is 5.75 Å². The van der Waals surface area contributed by atoms with Gasteiger partial charge >= 0.3 is 0 Å². The van der Waals surface area contributed by atoms with Crippen LogP contribution in [0.4, 0.5) is 10.1 Å². The molecular formula is C21H21BrFNO3. The molecule has 27 heavy (non-hydrogen) atoms. The number of amides is 1. The lowest BCUT2D eigenvalue weighted by Gasteiger charge is -2.30. The number of rotatable bonds is 6. The fourth-order valence-corrected chi connectivity index (χ4v) is 3.67. The lowest BCUT2D eigenvalue weighted by atomic mass is 10.0. The van der Waals surface area contributed by atoms with E-state index in [0.717, 1.165) is 24.0 Å². The topological polar surface area (TPSA) is 46.6 Å². The lowest BCUT2D eigenvalue weighted by Crippen LogP contribution is -2.39. The van der Waals surface area contributed by atoms with Crippen LogP contribution < -0.4 is 9.64 Å². The van der Waals surface area contributed by atoms with E-state index in [0.29, 0.717) is 35.3 Å². The van der Waals surface area contributed by atoms with Crippen molar-refractivity contribution < 1.29 is 18.7 Å². The molecule has 6 heteroatoms. The first-order valence-corrected chi connectivity index (χ1v) is 9.73. The molecule has 0 N–H and O–H groups in total. The molecule has 4 nitrogen and oxygen atoms in total. The van der Waals surface area contributed by atoms with Crippen molar-refractivity contribution in [2.75, 3.05) is 18.1 Å². The maximum Gasteiger partial charge on any atom is 0.265 e. The third-order valence-electron chi connectivity index (χ3n) is 4.56. The third kappa shape index (κ3) is 4.95. The van der Waals surface area contributed by atoms with Crippen LogP contribution in [0.15, 0.2) is 40.9 Å². The number of nitrogens with zero attached hydrogens (tertiary/aromatic N) is 1. The second-order valence-corrected chi connectivity index (χ2v) is 7.59. The van der Waals surface area contributed by atoms with Gasteiger partial charge in [0.1, 0.15) is 17.3 Å². The molecule has 0 saturated heterocycles. The summed E-state index contributed by atoms with van der Waals surface area (Å²) in [5.74, 6) is 0.0607. The van der Waals surface area contributed by atoms with E-state index in [4.69, 9.17) is 4.74 Å². The van der Waals surface area contributed by atoms with Gasteiger partial charge in [0.2, 0.25) is 0 Å². The largest absolute Gasteiger partial charge is 0.484 e. The summed E-state index contributed by atoms with van der Waals surface area (Å²) in [6, 6.07) is 10.6. The van der Waals surface area contributed by atoms with Crippen molar-refractivity contribution in [1.29, 1.82) is 0 Å². The van der Waals surface area contributed by atoms with Gasteiger partial charge in [0.25, 0.3) is 5.91 Å². The number of hydrogen-bond acceptors (Lipinski definition) is 3. The molecule has 0 bridgehead atoms. The van der Waals surface area contributed by atoms with Crippen molar-refractivity contribution >= 4 is 33.3 Å². The average molecular weight is 434 g/mol. The highest BCUT2D eigenvalue weighted by atomic mass is 79.9. The van der Waals surface area contributed by atoms with E-state index in [2.05, 4.69) is 15.9 Å². The van der Waals surface area contributed by atoms with Gasteiger partial charge in [-0.05, 0) is 61.6 Å². The summed E-state index contributed by atoms with van der Waals surface area (Å²) in [6.45, 7) is 1.91. The molecule has 0 unspecified atom stereocenters. The van der Waals surface area contributed by atoms with Crippen LogP contribution in [0.1, 0.15) is 30.9 Å². The molecule has 0 fully saturated rings. The Morgan fingerprint density at radius 1 is 1.22 bits per heavy atom. The molecule has 0 spiro atoms. The SMILES string of the molecule is CC(=O)CCc1ccc(OCC(=O)N2CCCc3cc(Br)cc(F)c32)cc1. The standard InChI is InChI=1S/C21H21BrFNO3/c1-14(25)4-5-15-6-8-18(9-7-15)27-13-20(26)24-10-2-3-16-11-17(22)12-19(23)21(16)24/h6-9,11-12H,2-5,10,13H2,1H3. The van der Waals surface area contributed by atoms with E-state index in [1.165, 1.54) is 11.0 Å². The van der Waals surface area contributed by atoms with Crippen molar-refractivity contribution in [3.05, 3.63) is 57.8 Å². The van der Waals surface area contributed by atoms with Gasteiger partial charge in [0.05, 0.1) is 5.69 Å². The zero-order valence-corrected chi connectivity index (χ0v) is 16.7. The number of fused-ring (bicyclic) bond motifs is 1. The van der Waals surface area contributed by atoms with Crippen molar-refractivity contribution in [2.45, 2.75) is 32.6 Å².